The second-order valence-corrected chi connectivity index (χ2v) is 4.97. The van der Waals surface area contributed by atoms with Crippen LogP contribution < -0.4 is 5.32 Å². The van der Waals surface area contributed by atoms with E-state index < -0.39 is 5.54 Å². The lowest BCUT2D eigenvalue weighted by atomic mass is 10.0. The van der Waals surface area contributed by atoms with Crippen LogP contribution in [0.1, 0.15) is 33.6 Å². The maximum absolute atomic E-state index is 9.16. The number of nitrogens with zero attached hydrogens (tertiary/aromatic N) is 2. The molecule has 0 aromatic rings. The summed E-state index contributed by atoms with van der Waals surface area (Å²) in [6.45, 7) is 7.93. The van der Waals surface area contributed by atoms with Gasteiger partial charge in [0.2, 0.25) is 0 Å². The SMILES string of the molecule is CCNC(C)(C#N)CN(C)C(C)C1CC1. The highest BCUT2D eigenvalue weighted by molar-refractivity contribution is 5.06. The Bertz CT molecular complexity index is 242. The summed E-state index contributed by atoms with van der Waals surface area (Å²) in [6, 6.07) is 2.98. The first-order valence-corrected chi connectivity index (χ1v) is 5.89. The second-order valence-electron chi connectivity index (χ2n) is 4.97. The molecule has 0 aromatic carbocycles. The molecule has 3 nitrogen and oxygen atoms in total. The van der Waals surface area contributed by atoms with E-state index in [-0.39, 0.29) is 0 Å². The molecule has 0 spiro atoms. The molecule has 1 N–H and O–H groups in total. The summed E-state index contributed by atoms with van der Waals surface area (Å²) >= 11 is 0. The maximum atomic E-state index is 9.16. The topological polar surface area (TPSA) is 39.1 Å². The lowest BCUT2D eigenvalue weighted by Crippen LogP contribution is -2.51. The van der Waals surface area contributed by atoms with Crippen LogP contribution in [0.25, 0.3) is 0 Å². The molecule has 0 aromatic heterocycles. The zero-order valence-electron chi connectivity index (χ0n) is 10.4. The lowest BCUT2D eigenvalue weighted by Gasteiger charge is -2.32. The summed E-state index contributed by atoms with van der Waals surface area (Å²) in [4.78, 5) is 2.31. The monoisotopic (exact) mass is 209 g/mol. The van der Waals surface area contributed by atoms with Crippen molar-refractivity contribution in [3.8, 4) is 6.07 Å². The Balaban J connectivity index is 2.46. The highest BCUT2D eigenvalue weighted by Crippen LogP contribution is 2.34. The quantitative estimate of drug-likeness (QED) is 0.722. The van der Waals surface area contributed by atoms with Crippen molar-refractivity contribution >= 4 is 0 Å². The van der Waals surface area contributed by atoms with Crippen LogP contribution in [0.5, 0.6) is 0 Å². The summed E-state index contributed by atoms with van der Waals surface area (Å²) in [5.41, 5.74) is -0.410. The first-order valence-electron chi connectivity index (χ1n) is 5.89. The third-order valence-electron chi connectivity index (χ3n) is 3.38. The molecule has 2 atom stereocenters. The zero-order chi connectivity index (χ0) is 11.5. The van der Waals surface area contributed by atoms with Crippen molar-refractivity contribution in [3.63, 3.8) is 0 Å². The Labute approximate surface area is 93.5 Å². The predicted molar refractivity (Wildman–Crippen MR) is 62.5 cm³/mol. The number of nitrogens with one attached hydrogen (secondary N) is 1. The molecule has 0 amide bonds. The molecule has 86 valence electrons. The minimum Gasteiger partial charge on any atom is -0.301 e. The molecule has 15 heavy (non-hydrogen) atoms. The van der Waals surface area contributed by atoms with Crippen molar-refractivity contribution in [3.05, 3.63) is 0 Å². The van der Waals surface area contributed by atoms with Gasteiger partial charge in [-0.2, -0.15) is 5.26 Å². The van der Waals surface area contributed by atoms with Gasteiger partial charge >= 0.3 is 0 Å². The summed E-state index contributed by atoms with van der Waals surface area (Å²) in [6.07, 6.45) is 2.71. The van der Waals surface area contributed by atoms with Crippen LogP contribution in [-0.2, 0) is 0 Å². The standard InChI is InChI=1S/C12H23N3/c1-5-14-12(3,8-13)9-15(4)10(2)11-6-7-11/h10-11,14H,5-7,9H2,1-4H3. The maximum Gasteiger partial charge on any atom is 0.116 e. The molecular formula is C12H23N3. The summed E-state index contributed by atoms with van der Waals surface area (Å²) in [5.74, 6) is 0.861. The molecule has 3 heteroatoms. The lowest BCUT2D eigenvalue weighted by molar-refractivity contribution is 0.193. The van der Waals surface area contributed by atoms with Crippen molar-refractivity contribution < 1.29 is 0 Å². The first kappa shape index (κ1) is 12.5. The van der Waals surface area contributed by atoms with Crippen molar-refractivity contribution in [2.45, 2.75) is 45.2 Å². The molecule has 0 heterocycles. The minimum absolute atomic E-state index is 0.410. The third-order valence-corrected chi connectivity index (χ3v) is 3.38. The first-order chi connectivity index (χ1) is 7.02. The number of rotatable bonds is 6. The number of hydrogen-bond donors (Lipinski definition) is 1. The molecule has 1 fully saturated rings. The zero-order valence-corrected chi connectivity index (χ0v) is 10.4. The van der Waals surface area contributed by atoms with Crippen LogP contribution in [0.3, 0.4) is 0 Å². The van der Waals surface area contributed by atoms with Gasteiger partial charge in [0, 0.05) is 12.6 Å². The summed E-state index contributed by atoms with van der Waals surface area (Å²) in [5, 5.41) is 12.4. The van der Waals surface area contributed by atoms with Gasteiger partial charge in [0.05, 0.1) is 6.07 Å². The second kappa shape index (κ2) is 4.96. The third kappa shape index (κ3) is 3.48. The van der Waals surface area contributed by atoms with Crippen LogP contribution in [0.15, 0.2) is 0 Å². The molecule has 2 unspecified atom stereocenters. The predicted octanol–water partition coefficient (Wildman–Crippen LogP) is 1.61. The van der Waals surface area contributed by atoms with Gasteiger partial charge < -0.3 is 4.90 Å². The van der Waals surface area contributed by atoms with E-state index in [0.717, 1.165) is 19.0 Å². The Kier molecular flexibility index (Phi) is 4.12. The van der Waals surface area contributed by atoms with E-state index in [1.54, 1.807) is 0 Å². The van der Waals surface area contributed by atoms with E-state index in [0.29, 0.717) is 6.04 Å². The number of nitriles is 1. The van der Waals surface area contributed by atoms with Crippen LogP contribution in [0.4, 0.5) is 0 Å². The van der Waals surface area contributed by atoms with Crippen LogP contribution in [-0.4, -0.2) is 36.6 Å². The van der Waals surface area contributed by atoms with E-state index in [9.17, 15) is 0 Å². The van der Waals surface area contributed by atoms with Gasteiger partial charge in [-0.25, -0.2) is 0 Å². The van der Waals surface area contributed by atoms with E-state index in [1.807, 2.05) is 13.8 Å². The molecule has 0 saturated heterocycles. The Morgan fingerprint density at radius 1 is 1.60 bits per heavy atom. The average molecular weight is 209 g/mol. The smallest absolute Gasteiger partial charge is 0.116 e. The fourth-order valence-electron chi connectivity index (χ4n) is 2.10. The van der Waals surface area contributed by atoms with Crippen molar-refractivity contribution in [2.75, 3.05) is 20.1 Å². The Hall–Kier alpha value is -0.590. The van der Waals surface area contributed by atoms with E-state index >= 15 is 0 Å². The number of hydrogen-bond acceptors (Lipinski definition) is 3. The molecule has 1 rings (SSSR count). The van der Waals surface area contributed by atoms with Gasteiger partial charge in [-0.1, -0.05) is 6.92 Å². The fourth-order valence-corrected chi connectivity index (χ4v) is 2.10. The van der Waals surface area contributed by atoms with Crippen molar-refractivity contribution in [1.82, 2.24) is 10.2 Å². The molecular weight excluding hydrogens is 186 g/mol. The molecule has 1 aliphatic rings. The summed E-state index contributed by atoms with van der Waals surface area (Å²) in [7, 11) is 2.12. The van der Waals surface area contributed by atoms with Gasteiger partial charge in [-0.3, -0.25) is 5.32 Å². The largest absolute Gasteiger partial charge is 0.301 e. The molecule has 0 bridgehead atoms. The van der Waals surface area contributed by atoms with E-state index in [2.05, 4.69) is 30.3 Å². The molecule has 0 radical (unpaired) electrons. The van der Waals surface area contributed by atoms with Gasteiger partial charge in [-0.05, 0) is 46.2 Å². The van der Waals surface area contributed by atoms with Crippen molar-refractivity contribution in [2.24, 2.45) is 5.92 Å². The van der Waals surface area contributed by atoms with Gasteiger partial charge in [0.25, 0.3) is 0 Å². The van der Waals surface area contributed by atoms with Gasteiger partial charge in [-0.15, -0.1) is 0 Å². The summed E-state index contributed by atoms with van der Waals surface area (Å²) < 4.78 is 0. The average Bonchev–Trinajstić information content (AvgIpc) is 3.00. The van der Waals surface area contributed by atoms with Crippen molar-refractivity contribution in [1.29, 1.82) is 5.26 Å². The molecule has 0 aliphatic heterocycles. The van der Waals surface area contributed by atoms with E-state index in [1.165, 1.54) is 12.8 Å². The highest BCUT2D eigenvalue weighted by Gasteiger charge is 2.33. The Morgan fingerprint density at radius 3 is 2.60 bits per heavy atom. The van der Waals surface area contributed by atoms with Crippen LogP contribution >= 0.6 is 0 Å². The molecule has 1 saturated carbocycles. The highest BCUT2D eigenvalue weighted by atomic mass is 15.2. The normalized spacial score (nSPS) is 22.1. The van der Waals surface area contributed by atoms with Gasteiger partial charge in [0.1, 0.15) is 5.54 Å². The Morgan fingerprint density at radius 2 is 2.20 bits per heavy atom. The van der Waals surface area contributed by atoms with Gasteiger partial charge in [0.15, 0.2) is 0 Å². The van der Waals surface area contributed by atoms with Crippen LogP contribution in [0.2, 0.25) is 0 Å². The van der Waals surface area contributed by atoms with Crippen LogP contribution in [0, 0.1) is 17.2 Å². The fraction of sp³-hybridized carbons (Fsp3) is 0.917. The minimum atomic E-state index is -0.410. The molecule has 1 aliphatic carbocycles. The van der Waals surface area contributed by atoms with E-state index in [4.69, 9.17) is 5.26 Å². The number of likely N-dealkylation sites (N-methyl/N-ethyl adjacent to an activating group) is 2.